The molecule has 0 aliphatic rings. The second-order valence-corrected chi connectivity index (χ2v) is 2.64. The third-order valence-electron chi connectivity index (χ3n) is 1.49. The largest absolute Gasteiger partial charge is 0.478 e. The Morgan fingerprint density at radius 1 is 1.54 bits per heavy atom. The maximum absolute atomic E-state index is 10.6. The first-order valence-electron chi connectivity index (χ1n) is 3.29. The van der Waals surface area contributed by atoms with Gasteiger partial charge in [0.1, 0.15) is 16.9 Å². The van der Waals surface area contributed by atoms with Crippen LogP contribution in [0, 0.1) is 0 Å². The van der Waals surface area contributed by atoms with E-state index in [2.05, 4.69) is 15.1 Å². The zero-order valence-electron chi connectivity index (χ0n) is 6.21. The zero-order valence-corrected chi connectivity index (χ0v) is 7.02. The molecule has 2 rings (SSSR count). The Labute approximate surface area is 77.7 Å². The molecule has 0 aliphatic heterocycles. The lowest BCUT2D eigenvalue weighted by Gasteiger charge is -1.98. The Kier molecular flexibility index (Phi) is 1.59. The van der Waals surface area contributed by atoms with E-state index >= 15 is 0 Å². The summed E-state index contributed by atoms with van der Waals surface area (Å²) >= 11 is 4.86. The molecule has 0 saturated carbocycles. The summed E-state index contributed by atoms with van der Waals surface area (Å²) in [7, 11) is 0. The molecule has 0 amide bonds. The summed E-state index contributed by atoms with van der Waals surface area (Å²) in [6.07, 6.45) is 2.44. The van der Waals surface area contributed by atoms with E-state index in [1.807, 2.05) is 0 Å². The molecular weight excluding hydrogens is 192 g/mol. The van der Waals surface area contributed by atoms with Crippen LogP contribution in [-0.2, 0) is 0 Å². The number of rotatable bonds is 1. The normalized spacial score (nSPS) is 10.5. The van der Waals surface area contributed by atoms with Gasteiger partial charge in [0.05, 0.1) is 0 Å². The number of nitrogens with zero attached hydrogens (tertiary/aromatic N) is 4. The Bertz CT molecular complexity index is 480. The highest BCUT2D eigenvalue weighted by atomic mass is 32.1. The summed E-state index contributed by atoms with van der Waals surface area (Å²) in [6, 6.07) is 0. The fourth-order valence-corrected chi connectivity index (χ4v) is 1.17. The number of fused-ring (bicyclic) bond motifs is 1. The van der Waals surface area contributed by atoms with Crippen molar-refractivity contribution in [2.45, 2.75) is 5.03 Å². The first-order valence-corrected chi connectivity index (χ1v) is 3.70. The van der Waals surface area contributed by atoms with Crippen LogP contribution < -0.4 is 0 Å². The van der Waals surface area contributed by atoms with Crippen LogP contribution in [0.4, 0.5) is 0 Å². The molecule has 0 aromatic carbocycles. The van der Waals surface area contributed by atoms with E-state index in [9.17, 15) is 4.79 Å². The average Bonchev–Trinajstić information content (AvgIpc) is 2.52. The average molecular weight is 195 g/mol. The van der Waals surface area contributed by atoms with Gasteiger partial charge in [0.25, 0.3) is 5.78 Å². The molecule has 6 nitrogen and oxygen atoms in total. The van der Waals surface area contributed by atoms with Crippen molar-refractivity contribution < 1.29 is 9.90 Å². The fourth-order valence-electron chi connectivity index (χ4n) is 0.905. The standard InChI is InChI=1S/C6H3N4O2S/c11-5(12)3-1-7-6-8-2-9-10(6)4(3)13/h1-2H,(H,11,12). The highest BCUT2D eigenvalue weighted by Gasteiger charge is 2.13. The lowest BCUT2D eigenvalue weighted by atomic mass is 10.3. The van der Waals surface area contributed by atoms with Gasteiger partial charge in [-0.2, -0.15) is 14.6 Å². The van der Waals surface area contributed by atoms with Gasteiger partial charge in [0, 0.05) is 6.20 Å². The molecule has 2 heterocycles. The minimum atomic E-state index is -1.12. The lowest BCUT2D eigenvalue weighted by Crippen LogP contribution is -2.04. The first kappa shape index (κ1) is 7.87. The molecule has 65 valence electrons. The van der Waals surface area contributed by atoms with Crippen LogP contribution in [0.15, 0.2) is 17.6 Å². The van der Waals surface area contributed by atoms with E-state index in [1.165, 1.54) is 17.0 Å². The maximum atomic E-state index is 10.6. The van der Waals surface area contributed by atoms with Gasteiger partial charge < -0.3 is 5.11 Å². The highest BCUT2D eigenvalue weighted by molar-refractivity contribution is 7.80. The van der Waals surface area contributed by atoms with Crippen molar-refractivity contribution in [2.24, 2.45) is 0 Å². The molecule has 0 saturated heterocycles. The molecule has 0 unspecified atom stereocenters. The number of carboxylic acid groups (broad SMARTS) is 1. The van der Waals surface area contributed by atoms with Crippen LogP contribution in [0.5, 0.6) is 0 Å². The van der Waals surface area contributed by atoms with Gasteiger partial charge in [-0.05, 0) is 0 Å². The molecule has 13 heavy (non-hydrogen) atoms. The molecule has 2 aromatic rings. The van der Waals surface area contributed by atoms with Crippen LogP contribution in [0.25, 0.3) is 5.78 Å². The Morgan fingerprint density at radius 3 is 3.00 bits per heavy atom. The second kappa shape index (κ2) is 2.63. The molecule has 0 atom stereocenters. The van der Waals surface area contributed by atoms with Gasteiger partial charge in [-0.1, -0.05) is 12.6 Å². The predicted octanol–water partition coefficient (Wildman–Crippen LogP) is 0.379. The predicted molar refractivity (Wildman–Crippen MR) is 43.6 cm³/mol. The van der Waals surface area contributed by atoms with Crippen molar-refractivity contribution in [1.29, 1.82) is 0 Å². The number of aromatic nitrogens is 4. The minimum absolute atomic E-state index is 0.0481. The summed E-state index contributed by atoms with van der Waals surface area (Å²) in [5.74, 6) is -0.815. The summed E-state index contributed by atoms with van der Waals surface area (Å²) in [4.78, 5) is 18.1. The molecule has 2 aromatic heterocycles. The Morgan fingerprint density at radius 2 is 2.31 bits per heavy atom. The van der Waals surface area contributed by atoms with Crippen molar-refractivity contribution in [2.75, 3.05) is 0 Å². The van der Waals surface area contributed by atoms with Crippen LogP contribution in [0.1, 0.15) is 10.4 Å². The number of hydrogen-bond donors (Lipinski definition) is 1. The van der Waals surface area contributed by atoms with Crippen LogP contribution in [0.2, 0.25) is 0 Å². The van der Waals surface area contributed by atoms with Crippen LogP contribution >= 0.6 is 12.6 Å². The van der Waals surface area contributed by atoms with Crippen molar-refractivity contribution >= 4 is 24.4 Å². The minimum Gasteiger partial charge on any atom is -0.478 e. The lowest BCUT2D eigenvalue weighted by molar-refractivity contribution is 0.0691. The van der Waals surface area contributed by atoms with Crippen LogP contribution in [0.3, 0.4) is 0 Å². The van der Waals surface area contributed by atoms with Gasteiger partial charge in [-0.25, -0.2) is 9.78 Å². The van der Waals surface area contributed by atoms with Crippen molar-refractivity contribution in [3.63, 3.8) is 0 Å². The molecule has 0 spiro atoms. The van der Waals surface area contributed by atoms with Gasteiger partial charge >= 0.3 is 5.97 Å². The molecular formula is C6H3N4O2S. The monoisotopic (exact) mass is 195 g/mol. The van der Waals surface area contributed by atoms with Crippen molar-refractivity contribution in [3.8, 4) is 0 Å². The third kappa shape index (κ3) is 1.09. The summed E-state index contributed by atoms with van der Waals surface area (Å²) in [5.41, 5.74) is -0.0481. The smallest absolute Gasteiger partial charge is 0.340 e. The molecule has 0 aliphatic carbocycles. The van der Waals surface area contributed by atoms with Crippen LogP contribution in [-0.4, -0.2) is 30.7 Å². The number of carboxylic acids is 1. The Balaban J connectivity index is 2.80. The van der Waals surface area contributed by atoms with E-state index in [1.54, 1.807) is 0 Å². The first-order chi connectivity index (χ1) is 6.20. The van der Waals surface area contributed by atoms with E-state index in [4.69, 9.17) is 17.7 Å². The molecule has 7 heteroatoms. The Hall–Kier alpha value is -1.76. The number of aromatic carboxylic acids is 1. The topological polar surface area (TPSA) is 80.4 Å². The van der Waals surface area contributed by atoms with E-state index < -0.39 is 5.97 Å². The van der Waals surface area contributed by atoms with Crippen molar-refractivity contribution in [1.82, 2.24) is 19.6 Å². The SMILES string of the molecule is O=C(O)c1cnc2ncnn2c1[S]. The fraction of sp³-hybridized carbons (Fsp3) is 0. The summed E-state index contributed by atoms with van der Waals surface area (Å²) in [6.45, 7) is 0. The zero-order chi connectivity index (χ0) is 9.42. The highest BCUT2D eigenvalue weighted by Crippen LogP contribution is 2.12. The van der Waals surface area contributed by atoms with E-state index in [0.717, 1.165) is 0 Å². The second-order valence-electron chi connectivity index (χ2n) is 2.25. The van der Waals surface area contributed by atoms with Gasteiger partial charge in [0.15, 0.2) is 0 Å². The quantitative estimate of drug-likeness (QED) is 0.665. The summed E-state index contributed by atoms with van der Waals surface area (Å²) < 4.78 is 1.21. The van der Waals surface area contributed by atoms with Gasteiger partial charge in [-0.15, -0.1) is 0 Å². The molecule has 1 N–H and O–H groups in total. The molecule has 1 radical (unpaired) electrons. The van der Waals surface area contributed by atoms with Crippen molar-refractivity contribution in [3.05, 3.63) is 18.1 Å². The number of hydrogen-bond acceptors (Lipinski definition) is 4. The molecule has 0 bridgehead atoms. The van der Waals surface area contributed by atoms with E-state index in [-0.39, 0.29) is 10.6 Å². The maximum Gasteiger partial charge on any atom is 0.340 e. The van der Waals surface area contributed by atoms with Gasteiger partial charge in [-0.3, -0.25) is 0 Å². The van der Waals surface area contributed by atoms with E-state index in [0.29, 0.717) is 5.78 Å². The third-order valence-corrected chi connectivity index (χ3v) is 1.88. The van der Waals surface area contributed by atoms with Gasteiger partial charge in [0.2, 0.25) is 0 Å². The molecule has 0 fully saturated rings. The summed E-state index contributed by atoms with van der Waals surface area (Å²) in [5, 5.41) is 12.5. The number of carbonyl (C=O) groups is 1.